The van der Waals surface area contributed by atoms with Gasteiger partial charge in [0.1, 0.15) is 17.7 Å². The van der Waals surface area contributed by atoms with E-state index in [1.54, 1.807) is 38.2 Å². The number of carboxylic acids is 1. The maximum atomic E-state index is 15.4. The minimum Gasteiger partial charge on any atom is -0.497 e. The Hall–Kier alpha value is -2.84. The number of hydrogen-bond acceptors (Lipinski definition) is 6. The van der Waals surface area contributed by atoms with Crippen LogP contribution < -0.4 is 9.47 Å². The highest BCUT2D eigenvalue weighted by atomic mass is 32.2. The van der Waals surface area contributed by atoms with E-state index in [4.69, 9.17) is 9.47 Å². The number of pyridine rings is 1. The number of benzene rings is 2. The number of carboxylic acid groups (broad SMARTS) is 1. The van der Waals surface area contributed by atoms with Crippen LogP contribution in [0.25, 0.3) is 10.9 Å². The summed E-state index contributed by atoms with van der Waals surface area (Å²) in [6.45, 7) is 2.25. The van der Waals surface area contributed by atoms with Crippen LogP contribution in [-0.2, 0) is 4.79 Å². The van der Waals surface area contributed by atoms with Crippen molar-refractivity contribution >= 4 is 28.6 Å². The molecule has 0 spiro atoms. The number of methoxy groups -OCH3 is 2. The number of ether oxygens (including phenoxy) is 2. The first-order chi connectivity index (χ1) is 18.0. The number of aliphatic carboxylic acids is 1. The third-order valence-corrected chi connectivity index (χ3v) is 8.31. The number of likely N-dealkylation sites (tertiary alicyclic amines) is 1. The van der Waals surface area contributed by atoms with E-state index in [0.717, 1.165) is 48.3 Å². The monoisotopic (exact) mass is 526 g/mol. The summed E-state index contributed by atoms with van der Waals surface area (Å²) in [5.74, 6) is 1.21. The quantitative estimate of drug-likeness (QED) is 0.221. The van der Waals surface area contributed by atoms with Crippen LogP contribution in [0.3, 0.4) is 0 Å². The summed E-state index contributed by atoms with van der Waals surface area (Å²) in [5, 5.41) is 10.7. The summed E-state index contributed by atoms with van der Waals surface area (Å²) >= 11 is 1.80. The minimum absolute atomic E-state index is 0.0247. The fourth-order valence-electron chi connectivity index (χ4n) is 5.11. The molecule has 0 unspecified atom stereocenters. The maximum absolute atomic E-state index is 15.4. The van der Waals surface area contributed by atoms with Gasteiger partial charge in [0.2, 0.25) is 0 Å². The summed E-state index contributed by atoms with van der Waals surface area (Å²) in [5.41, 5.74) is 1.31. The first-order valence-corrected chi connectivity index (χ1v) is 13.8. The van der Waals surface area contributed by atoms with E-state index in [2.05, 4.69) is 22.0 Å². The zero-order chi connectivity index (χ0) is 26.2. The molecule has 2 aromatic carbocycles. The number of hydrogen-bond donors (Lipinski definition) is 1. The number of nitrogens with zero attached hydrogens (tertiary/aromatic N) is 2. The fraction of sp³-hybridized carbons (Fsp3) is 0.448. The molecule has 1 saturated heterocycles. The summed E-state index contributed by atoms with van der Waals surface area (Å²) in [6, 6.07) is 15.2. The molecule has 0 radical (unpaired) electrons. The van der Waals surface area contributed by atoms with Gasteiger partial charge in [0.05, 0.1) is 25.7 Å². The molecule has 4 rings (SSSR count). The summed E-state index contributed by atoms with van der Waals surface area (Å²) in [7, 11) is 3.24. The van der Waals surface area contributed by atoms with E-state index in [1.807, 2.05) is 30.3 Å². The maximum Gasteiger partial charge on any atom is 0.308 e. The van der Waals surface area contributed by atoms with Gasteiger partial charge in [-0.05, 0) is 105 Å². The molecule has 0 aliphatic carbocycles. The van der Waals surface area contributed by atoms with E-state index in [9.17, 15) is 9.90 Å². The summed E-state index contributed by atoms with van der Waals surface area (Å²) < 4.78 is 25.9. The topological polar surface area (TPSA) is 71.9 Å². The van der Waals surface area contributed by atoms with Gasteiger partial charge in [-0.1, -0.05) is 0 Å². The molecule has 198 valence electrons. The Kier molecular flexibility index (Phi) is 9.63. The van der Waals surface area contributed by atoms with Gasteiger partial charge in [-0.15, -0.1) is 11.8 Å². The van der Waals surface area contributed by atoms with Crippen LogP contribution in [0.15, 0.2) is 59.6 Å². The van der Waals surface area contributed by atoms with Gasteiger partial charge in [0.15, 0.2) is 0 Å². The van der Waals surface area contributed by atoms with E-state index < -0.39 is 18.1 Å². The second kappa shape index (κ2) is 13.1. The van der Waals surface area contributed by atoms with Crippen molar-refractivity contribution < 1.29 is 23.8 Å². The number of piperidine rings is 1. The normalized spacial score (nSPS) is 19.0. The van der Waals surface area contributed by atoms with E-state index >= 15 is 4.39 Å². The number of thioether (sulfide) groups is 1. The Morgan fingerprint density at radius 1 is 1.16 bits per heavy atom. The number of rotatable bonds is 12. The lowest BCUT2D eigenvalue weighted by molar-refractivity contribution is -0.146. The second-order valence-corrected chi connectivity index (χ2v) is 10.7. The highest BCUT2D eigenvalue weighted by molar-refractivity contribution is 7.99. The second-order valence-electron chi connectivity index (χ2n) is 9.50. The highest BCUT2D eigenvalue weighted by Crippen LogP contribution is 2.35. The van der Waals surface area contributed by atoms with Crippen LogP contribution in [0, 0.1) is 11.8 Å². The van der Waals surface area contributed by atoms with E-state index in [1.165, 1.54) is 4.90 Å². The van der Waals surface area contributed by atoms with Crippen molar-refractivity contribution in [3.8, 4) is 11.5 Å². The SMILES string of the molecule is COc1ccc(SCCCN2CC[C@@H](CC[C@H](F)c3ccnc4ccc(OC)cc34)[C@@H](C(=O)O)C2)cc1. The molecule has 1 aliphatic rings. The van der Waals surface area contributed by atoms with Crippen molar-refractivity contribution in [3.05, 3.63) is 60.3 Å². The lowest BCUT2D eigenvalue weighted by Crippen LogP contribution is -2.44. The molecular weight excluding hydrogens is 491 g/mol. The first-order valence-electron chi connectivity index (χ1n) is 12.8. The van der Waals surface area contributed by atoms with Gasteiger partial charge in [-0.2, -0.15) is 0 Å². The van der Waals surface area contributed by atoms with Crippen LogP contribution in [-0.4, -0.2) is 60.6 Å². The molecule has 3 aromatic rings. The van der Waals surface area contributed by atoms with Crippen LogP contribution in [0.2, 0.25) is 0 Å². The predicted octanol–water partition coefficient (Wildman–Crippen LogP) is 6.25. The molecule has 1 aliphatic heterocycles. The van der Waals surface area contributed by atoms with E-state index in [-0.39, 0.29) is 5.92 Å². The Morgan fingerprint density at radius 2 is 1.92 bits per heavy atom. The Bertz CT molecular complexity index is 1180. The first kappa shape index (κ1) is 27.2. The molecule has 2 heterocycles. The van der Waals surface area contributed by atoms with Gasteiger partial charge in [0, 0.05) is 23.0 Å². The standard InChI is InChI=1S/C29H35FN2O4S/c1-35-21-5-8-23(9-6-21)37-17-3-15-32-16-13-20(26(19-32)29(33)34)4-10-27(30)24-12-14-31-28-11-7-22(36-2)18-25(24)28/h5-9,11-12,14,18,20,26-27H,3-4,10,13,15-17,19H2,1-2H3,(H,33,34)/t20-,26+,27+/m1/s1. The van der Waals surface area contributed by atoms with Crippen molar-refractivity contribution in [1.29, 1.82) is 0 Å². The smallest absolute Gasteiger partial charge is 0.308 e. The lowest BCUT2D eigenvalue weighted by Gasteiger charge is -2.36. The molecule has 1 N–H and O–H groups in total. The van der Waals surface area contributed by atoms with Gasteiger partial charge >= 0.3 is 5.97 Å². The van der Waals surface area contributed by atoms with Gasteiger partial charge in [-0.3, -0.25) is 9.78 Å². The summed E-state index contributed by atoms with van der Waals surface area (Å²) in [6.07, 6.45) is 3.05. The van der Waals surface area contributed by atoms with Crippen LogP contribution in [0.5, 0.6) is 11.5 Å². The van der Waals surface area contributed by atoms with Crippen molar-refractivity contribution in [2.24, 2.45) is 11.8 Å². The number of aromatic nitrogens is 1. The van der Waals surface area contributed by atoms with Crippen molar-refractivity contribution in [2.75, 3.05) is 39.6 Å². The predicted molar refractivity (Wildman–Crippen MR) is 145 cm³/mol. The van der Waals surface area contributed by atoms with Crippen LogP contribution in [0.1, 0.15) is 37.4 Å². The molecule has 1 aromatic heterocycles. The number of halogens is 1. The molecule has 0 amide bonds. The third kappa shape index (κ3) is 7.14. The van der Waals surface area contributed by atoms with Crippen LogP contribution in [0.4, 0.5) is 4.39 Å². The van der Waals surface area contributed by atoms with Crippen LogP contribution >= 0.6 is 11.8 Å². The molecule has 0 bridgehead atoms. The van der Waals surface area contributed by atoms with Crippen molar-refractivity contribution in [1.82, 2.24) is 9.88 Å². The van der Waals surface area contributed by atoms with Crippen molar-refractivity contribution in [3.63, 3.8) is 0 Å². The summed E-state index contributed by atoms with van der Waals surface area (Å²) in [4.78, 5) is 19.9. The average Bonchev–Trinajstić information content (AvgIpc) is 2.93. The molecular formula is C29H35FN2O4S. The highest BCUT2D eigenvalue weighted by Gasteiger charge is 2.34. The van der Waals surface area contributed by atoms with E-state index in [0.29, 0.717) is 30.7 Å². The molecule has 37 heavy (non-hydrogen) atoms. The van der Waals surface area contributed by atoms with Crippen molar-refractivity contribution in [2.45, 2.75) is 36.8 Å². The number of fused-ring (bicyclic) bond motifs is 1. The Morgan fingerprint density at radius 3 is 2.65 bits per heavy atom. The number of alkyl halides is 1. The Labute approximate surface area is 222 Å². The molecule has 6 nitrogen and oxygen atoms in total. The Balaban J connectivity index is 1.27. The third-order valence-electron chi connectivity index (χ3n) is 7.21. The molecule has 0 saturated carbocycles. The minimum atomic E-state index is -1.18. The molecule has 3 atom stereocenters. The lowest BCUT2D eigenvalue weighted by atomic mass is 9.81. The van der Waals surface area contributed by atoms with Gasteiger partial charge in [0.25, 0.3) is 0 Å². The largest absolute Gasteiger partial charge is 0.497 e. The molecule has 1 fully saturated rings. The number of carbonyl (C=O) groups is 1. The molecule has 8 heteroatoms. The van der Waals surface area contributed by atoms with Gasteiger partial charge in [-0.25, -0.2) is 4.39 Å². The zero-order valence-corrected chi connectivity index (χ0v) is 22.3. The average molecular weight is 527 g/mol. The van der Waals surface area contributed by atoms with Gasteiger partial charge < -0.3 is 19.5 Å². The zero-order valence-electron chi connectivity index (χ0n) is 21.4. The fourth-order valence-corrected chi connectivity index (χ4v) is 5.95.